The lowest BCUT2D eigenvalue weighted by atomic mass is 10.1. The Bertz CT molecular complexity index is 1790. The highest BCUT2D eigenvalue weighted by Crippen LogP contribution is 2.30. The number of rotatable bonds is 9. The third-order valence-corrected chi connectivity index (χ3v) is 8.99. The van der Waals surface area contributed by atoms with Gasteiger partial charge in [0.15, 0.2) is 9.84 Å². The smallest absolute Gasteiger partial charge is 0.361 e. The first-order valence-corrected chi connectivity index (χ1v) is 14.3. The van der Waals surface area contributed by atoms with Crippen LogP contribution in [0.1, 0.15) is 44.2 Å². The Kier molecular flexibility index (Phi) is 8.58. The van der Waals surface area contributed by atoms with Crippen molar-refractivity contribution in [2.75, 3.05) is 0 Å². The van der Waals surface area contributed by atoms with E-state index in [1.165, 1.54) is 42.5 Å². The highest BCUT2D eigenvalue weighted by molar-refractivity contribution is 7.92. The molecular formula is C30H28F3N3O5S. The number of halogens is 3. The van der Waals surface area contributed by atoms with E-state index in [-0.39, 0.29) is 29.1 Å². The Balaban J connectivity index is 1.50. The van der Waals surface area contributed by atoms with Crippen molar-refractivity contribution in [3.8, 4) is 5.69 Å². The number of carbonyl (C=O) groups is 1. The number of aromatic nitrogens is 2. The molecule has 0 bridgehead atoms. The molecule has 0 radical (unpaired) electrons. The van der Waals surface area contributed by atoms with Gasteiger partial charge in [-0.3, -0.25) is 14.2 Å². The summed E-state index contributed by atoms with van der Waals surface area (Å²) in [7, 11) is -3.79. The van der Waals surface area contributed by atoms with Crippen LogP contribution in [0.2, 0.25) is 0 Å². The van der Waals surface area contributed by atoms with Crippen LogP contribution in [0, 0.1) is 20.8 Å². The molecule has 0 fully saturated rings. The van der Waals surface area contributed by atoms with Crippen molar-refractivity contribution in [3.63, 3.8) is 0 Å². The Morgan fingerprint density at radius 1 is 1.10 bits per heavy atom. The maximum atomic E-state index is 13.3. The van der Waals surface area contributed by atoms with Gasteiger partial charge in [0, 0.05) is 23.5 Å². The van der Waals surface area contributed by atoms with Crippen LogP contribution < -0.4 is 10.9 Å². The number of nitrogens with one attached hydrogen (secondary N) is 1. The fourth-order valence-electron chi connectivity index (χ4n) is 4.51. The highest BCUT2D eigenvalue weighted by atomic mass is 32.2. The Morgan fingerprint density at radius 3 is 2.38 bits per heavy atom. The summed E-state index contributed by atoms with van der Waals surface area (Å²) in [5, 5.41) is 5.56. The number of carbonyl (C=O) groups excluding carboxylic acids is 1. The minimum Gasteiger partial charge on any atom is -0.361 e. The van der Waals surface area contributed by atoms with Gasteiger partial charge in [-0.15, -0.1) is 6.58 Å². The first-order valence-electron chi connectivity index (χ1n) is 12.8. The fraction of sp³-hybridized carbons (Fsp3) is 0.233. The molecule has 12 heteroatoms. The summed E-state index contributed by atoms with van der Waals surface area (Å²) in [5.74, 6) is -0.195. The van der Waals surface area contributed by atoms with E-state index in [0.29, 0.717) is 28.3 Å². The molecule has 0 aliphatic rings. The molecule has 2 aromatic carbocycles. The number of aryl methyl sites for hydroxylation is 3. The lowest BCUT2D eigenvalue weighted by Crippen LogP contribution is -2.33. The van der Waals surface area contributed by atoms with Crippen LogP contribution in [0.25, 0.3) is 5.69 Å². The summed E-state index contributed by atoms with van der Waals surface area (Å²) in [6.45, 7) is 8.65. The Morgan fingerprint density at radius 2 is 1.79 bits per heavy atom. The van der Waals surface area contributed by atoms with Gasteiger partial charge >= 0.3 is 6.18 Å². The summed E-state index contributed by atoms with van der Waals surface area (Å²) < 4.78 is 72.4. The largest absolute Gasteiger partial charge is 0.416 e. The summed E-state index contributed by atoms with van der Waals surface area (Å²) in [6, 6.07) is 13.0. The minimum absolute atomic E-state index is 0.0223. The average molecular weight is 600 g/mol. The molecule has 1 amide bonds. The molecule has 42 heavy (non-hydrogen) atoms. The number of hydrogen-bond acceptors (Lipinski definition) is 6. The number of sulfone groups is 1. The van der Waals surface area contributed by atoms with Crippen molar-refractivity contribution in [2.24, 2.45) is 0 Å². The standard InChI is InChI=1S/C30H28F3N3O5S/c1-5-24(16-27-19(3)35-41-20(27)4)42(39,40)25-12-10-21(11-13-25)17-34-28(37)26-14-9-18(2)36(29(26)38)23-8-6-7-22(15-23)30(31,32)33/h5-15,24H,1,16-17H2,2-4H3,(H,34,37). The second-order valence-corrected chi connectivity index (χ2v) is 11.9. The predicted octanol–water partition coefficient (Wildman–Crippen LogP) is 5.27. The lowest BCUT2D eigenvalue weighted by molar-refractivity contribution is -0.137. The molecule has 0 saturated carbocycles. The first kappa shape index (κ1) is 30.5. The van der Waals surface area contributed by atoms with Crippen molar-refractivity contribution in [1.29, 1.82) is 0 Å². The molecular weight excluding hydrogens is 571 g/mol. The minimum atomic E-state index is -4.60. The fourth-order valence-corrected chi connectivity index (χ4v) is 6.01. The van der Waals surface area contributed by atoms with Gasteiger partial charge in [0.05, 0.1) is 21.4 Å². The zero-order valence-electron chi connectivity index (χ0n) is 23.0. The molecule has 2 heterocycles. The van der Waals surface area contributed by atoms with Crippen LogP contribution in [-0.4, -0.2) is 29.3 Å². The molecule has 0 spiro atoms. The van der Waals surface area contributed by atoms with E-state index in [2.05, 4.69) is 17.1 Å². The van der Waals surface area contributed by atoms with Gasteiger partial charge in [0.1, 0.15) is 11.3 Å². The van der Waals surface area contributed by atoms with Crippen LogP contribution >= 0.6 is 0 Å². The first-order chi connectivity index (χ1) is 19.7. The van der Waals surface area contributed by atoms with Crippen molar-refractivity contribution in [3.05, 3.63) is 123 Å². The molecule has 1 unspecified atom stereocenters. The van der Waals surface area contributed by atoms with E-state index in [1.807, 2.05) is 0 Å². The van der Waals surface area contributed by atoms with Crippen molar-refractivity contribution >= 4 is 15.7 Å². The molecule has 220 valence electrons. The number of amides is 1. The maximum absolute atomic E-state index is 13.3. The van der Waals surface area contributed by atoms with Crippen molar-refractivity contribution < 1.29 is 30.9 Å². The average Bonchev–Trinajstić information content (AvgIpc) is 3.26. The summed E-state index contributed by atoms with van der Waals surface area (Å²) in [4.78, 5) is 26.1. The number of nitrogens with zero attached hydrogens (tertiary/aromatic N) is 2. The van der Waals surface area contributed by atoms with E-state index in [0.717, 1.165) is 16.7 Å². The molecule has 8 nitrogen and oxygen atoms in total. The van der Waals surface area contributed by atoms with Gasteiger partial charge in [0.25, 0.3) is 11.5 Å². The quantitative estimate of drug-likeness (QED) is 0.263. The molecule has 0 aliphatic carbocycles. The number of benzene rings is 2. The summed E-state index contributed by atoms with van der Waals surface area (Å²) in [6.07, 6.45) is -3.08. The van der Waals surface area contributed by atoms with E-state index >= 15 is 0 Å². The third-order valence-electron chi connectivity index (χ3n) is 6.91. The van der Waals surface area contributed by atoms with E-state index < -0.39 is 38.3 Å². The van der Waals surface area contributed by atoms with Gasteiger partial charge < -0.3 is 9.84 Å². The SMILES string of the molecule is C=CC(Cc1c(C)noc1C)S(=O)(=O)c1ccc(CNC(=O)c2ccc(C)n(-c3cccc(C(F)(F)F)c3)c2=O)cc1. The van der Waals surface area contributed by atoms with Gasteiger partial charge in [-0.05, 0) is 75.2 Å². The Hall–Kier alpha value is -4.45. The zero-order valence-corrected chi connectivity index (χ0v) is 23.8. The number of pyridine rings is 1. The second kappa shape index (κ2) is 11.8. The van der Waals surface area contributed by atoms with Gasteiger partial charge in [-0.2, -0.15) is 13.2 Å². The molecule has 1 N–H and O–H groups in total. The van der Waals surface area contributed by atoms with Crippen LogP contribution in [-0.2, 0) is 29.0 Å². The monoisotopic (exact) mass is 599 g/mol. The van der Waals surface area contributed by atoms with Crippen LogP contribution in [0.15, 0.2) is 87.5 Å². The van der Waals surface area contributed by atoms with Gasteiger partial charge in [-0.1, -0.05) is 29.4 Å². The summed E-state index contributed by atoms with van der Waals surface area (Å²) in [5.41, 5.74) is 0.239. The molecule has 0 aliphatic heterocycles. The third kappa shape index (κ3) is 6.23. The van der Waals surface area contributed by atoms with E-state index in [1.54, 1.807) is 32.9 Å². The number of alkyl halides is 3. The molecule has 0 saturated heterocycles. The van der Waals surface area contributed by atoms with Crippen molar-refractivity contribution in [1.82, 2.24) is 15.0 Å². The maximum Gasteiger partial charge on any atom is 0.416 e. The van der Waals surface area contributed by atoms with Gasteiger partial charge in [-0.25, -0.2) is 8.42 Å². The second-order valence-electron chi connectivity index (χ2n) is 9.73. The topological polar surface area (TPSA) is 111 Å². The van der Waals surface area contributed by atoms with E-state index in [4.69, 9.17) is 4.52 Å². The lowest BCUT2D eigenvalue weighted by Gasteiger charge is -2.15. The molecule has 2 aromatic heterocycles. The van der Waals surface area contributed by atoms with Crippen LogP contribution in [0.3, 0.4) is 0 Å². The summed E-state index contributed by atoms with van der Waals surface area (Å²) >= 11 is 0. The molecule has 4 rings (SSSR count). The predicted molar refractivity (Wildman–Crippen MR) is 150 cm³/mol. The van der Waals surface area contributed by atoms with Crippen LogP contribution in [0.4, 0.5) is 13.2 Å². The molecule has 4 aromatic rings. The van der Waals surface area contributed by atoms with Crippen LogP contribution in [0.5, 0.6) is 0 Å². The van der Waals surface area contributed by atoms with Gasteiger partial charge in [0.2, 0.25) is 0 Å². The molecule has 1 atom stereocenters. The normalized spacial score (nSPS) is 12.6. The Labute approximate surface area is 240 Å². The van der Waals surface area contributed by atoms with E-state index in [9.17, 15) is 31.2 Å². The van der Waals surface area contributed by atoms with Crippen molar-refractivity contribution in [2.45, 2.75) is 50.1 Å². The number of hydrogen-bond donors (Lipinski definition) is 1. The highest BCUT2D eigenvalue weighted by Gasteiger charge is 2.31. The zero-order chi connectivity index (χ0) is 30.8.